The standard InChI is InChI=1S/C20H17Cl2N5O4/c21-10-1-2-11(13(22)4-10)18-12(5-23)9(6-27-8-24-7-25-27)3-14(26-18)15-16(19(28)29)17(15)20(30)31/h1-4,7-8,15-17H,5-6,23H2,(H,28,29)(H,30,31). The molecule has 9 nitrogen and oxygen atoms in total. The SMILES string of the molecule is NCc1c(Cn2cncn2)cc(C2C(C(=O)O)C2C(=O)O)nc1-c1ccc(Cl)cc1Cl. The Morgan fingerprint density at radius 2 is 1.84 bits per heavy atom. The molecule has 160 valence electrons. The van der Waals surface area contributed by atoms with Gasteiger partial charge in [-0.25, -0.2) is 9.67 Å². The second kappa shape index (κ2) is 8.26. The van der Waals surface area contributed by atoms with E-state index in [1.54, 1.807) is 28.9 Å². The van der Waals surface area contributed by atoms with E-state index >= 15 is 0 Å². The van der Waals surface area contributed by atoms with Crippen molar-refractivity contribution in [3.8, 4) is 11.3 Å². The molecule has 0 bridgehead atoms. The molecule has 11 heteroatoms. The molecule has 4 N–H and O–H groups in total. The van der Waals surface area contributed by atoms with Crippen LogP contribution in [0.3, 0.4) is 0 Å². The second-order valence-corrected chi connectivity index (χ2v) is 8.05. The predicted octanol–water partition coefficient (Wildman–Crippen LogP) is 2.65. The van der Waals surface area contributed by atoms with E-state index in [2.05, 4.69) is 15.1 Å². The van der Waals surface area contributed by atoms with E-state index < -0.39 is 29.7 Å². The van der Waals surface area contributed by atoms with Crippen LogP contribution in [-0.2, 0) is 22.7 Å². The number of pyridine rings is 1. The Hall–Kier alpha value is -3.01. The van der Waals surface area contributed by atoms with Crippen LogP contribution in [-0.4, -0.2) is 41.9 Å². The molecular weight excluding hydrogens is 445 g/mol. The predicted molar refractivity (Wildman–Crippen MR) is 112 cm³/mol. The van der Waals surface area contributed by atoms with Gasteiger partial charge < -0.3 is 15.9 Å². The van der Waals surface area contributed by atoms with Gasteiger partial charge in [0.05, 0.1) is 29.1 Å². The number of benzene rings is 1. The average Bonchev–Trinajstić information content (AvgIpc) is 3.28. The van der Waals surface area contributed by atoms with Gasteiger partial charge in [-0.3, -0.25) is 14.6 Å². The lowest BCUT2D eigenvalue weighted by Crippen LogP contribution is -2.12. The first kappa shape index (κ1) is 21.2. The molecule has 1 aliphatic carbocycles. The zero-order chi connectivity index (χ0) is 22.3. The van der Waals surface area contributed by atoms with Crippen LogP contribution in [0.1, 0.15) is 22.7 Å². The number of halogens is 2. The summed E-state index contributed by atoms with van der Waals surface area (Å²) in [7, 11) is 0. The quantitative estimate of drug-likeness (QED) is 0.486. The zero-order valence-corrected chi connectivity index (χ0v) is 17.5. The molecule has 2 atom stereocenters. The summed E-state index contributed by atoms with van der Waals surface area (Å²) in [5, 5.41) is 23.8. The van der Waals surface area contributed by atoms with E-state index in [1.165, 1.54) is 12.7 Å². The molecule has 0 radical (unpaired) electrons. The molecule has 1 fully saturated rings. The minimum absolute atomic E-state index is 0.126. The van der Waals surface area contributed by atoms with Crippen LogP contribution in [0.5, 0.6) is 0 Å². The molecule has 0 aliphatic heterocycles. The van der Waals surface area contributed by atoms with Crippen molar-refractivity contribution in [1.29, 1.82) is 0 Å². The maximum absolute atomic E-state index is 11.6. The zero-order valence-electron chi connectivity index (χ0n) is 15.9. The molecule has 0 amide bonds. The van der Waals surface area contributed by atoms with Crippen LogP contribution in [0.4, 0.5) is 0 Å². The highest BCUT2D eigenvalue weighted by molar-refractivity contribution is 6.36. The summed E-state index contributed by atoms with van der Waals surface area (Å²) in [5.74, 6) is -5.22. The van der Waals surface area contributed by atoms with Gasteiger partial charge in [-0.1, -0.05) is 23.2 Å². The number of carbonyl (C=O) groups is 2. The van der Waals surface area contributed by atoms with E-state index in [9.17, 15) is 19.8 Å². The molecule has 4 rings (SSSR count). The Balaban J connectivity index is 1.90. The lowest BCUT2D eigenvalue weighted by molar-refractivity contribution is -0.144. The van der Waals surface area contributed by atoms with Gasteiger partial charge in [-0.2, -0.15) is 5.10 Å². The first-order chi connectivity index (χ1) is 14.8. The number of carboxylic acid groups (broad SMARTS) is 2. The van der Waals surface area contributed by atoms with Crippen molar-refractivity contribution in [2.24, 2.45) is 17.6 Å². The Labute approximate surface area is 186 Å². The van der Waals surface area contributed by atoms with Crippen LogP contribution in [0.25, 0.3) is 11.3 Å². The molecule has 2 aromatic heterocycles. The van der Waals surface area contributed by atoms with Crippen molar-refractivity contribution in [1.82, 2.24) is 19.7 Å². The molecule has 0 spiro atoms. The van der Waals surface area contributed by atoms with Crippen LogP contribution < -0.4 is 5.73 Å². The molecule has 2 unspecified atom stereocenters. The third-order valence-electron chi connectivity index (χ3n) is 5.36. The molecule has 3 aromatic rings. The largest absolute Gasteiger partial charge is 0.481 e. The minimum atomic E-state index is -1.17. The number of aromatic nitrogens is 4. The lowest BCUT2D eigenvalue weighted by atomic mass is 9.98. The Morgan fingerprint density at radius 1 is 1.13 bits per heavy atom. The fourth-order valence-corrected chi connectivity index (χ4v) is 4.37. The van der Waals surface area contributed by atoms with E-state index in [-0.39, 0.29) is 6.54 Å². The van der Waals surface area contributed by atoms with Crippen molar-refractivity contribution < 1.29 is 19.8 Å². The highest BCUT2D eigenvalue weighted by Crippen LogP contribution is 2.54. The van der Waals surface area contributed by atoms with E-state index in [0.29, 0.717) is 39.1 Å². The lowest BCUT2D eigenvalue weighted by Gasteiger charge is -2.17. The normalized spacial score (nSPS) is 19.9. The van der Waals surface area contributed by atoms with Gasteiger partial charge in [-0.05, 0) is 35.4 Å². The first-order valence-electron chi connectivity index (χ1n) is 9.28. The first-order valence-corrected chi connectivity index (χ1v) is 10.0. The third-order valence-corrected chi connectivity index (χ3v) is 5.91. The van der Waals surface area contributed by atoms with Crippen LogP contribution in [0.2, 0.25) is 10.0 Å². The smallest absolute Gasteiger partial charge is 0.308 e. The van der Waals surface area contributed by atoms with E-state index in [1.807, 2.05) is 0 Å². The molecular formula is C20H17Cl2N5O4. The van der Waals surface area contributed by atoms with Crippen molar-refractivity contribution in [3.05, 3.63) is 63.8 Å². The van der Waals surface area contributed by atoms with E-state index in [0.717, 1.165) is 5.56 Å². The number of carboxylic acids is 2. The Kier molecular flexibility index (Phi) is 5.65. The summed E-state index contributed by atoms with van der Waals surface area (Å²) >= 11 is 12.4. The van der Waals surface area contributed by atoms with Crippen LogP contribution >= 0.6 is 23.2 Å². The molecule has 0 saturated heterocycles. The highest BCUT2D eigenvalue weighted by atomic mass is 35.5. The average molecular weight is 462 g/mol. The number of aliphatic carboxylic acids is 2. The third kappa shape index (κ3) is 3.99. The summed E-state index contributed by atoms with van der Waals surface area (Å²) < 4.78 is 1.59. The van der Waals surface area contributed by atoms with Crippen molar-refractivity contribution >= 4 is 35.1 Å². The Bertz CT molecular complexity index is 1150. The van der Waals surface area contributed by atoms with Crippen LogP contribution in [0.15, 0.2) is 36.9 Å². The molecule has 1 aromatic carbocycles. The maximum Gasteiger partial charge on any atom is 0.308 e. The van der Waals surface area contributed by atoms with E-state index in [4.69, 9.17) is 28.9 Å². The summed E-state index contributed by atoms with van der Waals surface area (Å²) in [5.41, 5.74) is 8.83. The number of hydrogen-bond acceptors (Lipinski definition) is 6. The fourth-order valence-electron chi connectivity index (χ4n) is 3.87. The summed E-state index contributed by atoms with van der Waals surface area (Å²) in [6.07, 6.45) is 2.93. The van der Waals surface area contributed by atoms with Gasteiger partial charge in [0, 0.05) is 28.7 Å². The van der Waals surface area contributed by atoms with Gasteiger partial charge in [0.15, 0.2) is 0 Å². The van der Waals surface area contributed by atoms with Gasteiger partial charge in [-0.15, -0.1) is 0 Å². The monoisotopic (exact) mass is 461 g/mol. The molecule has 1 aliphatic rings. The number of nitrogens with two attached hydrogens (primary N) is 1. The molecule has 1 saturated carbocycles. The van der Waals surface area contributed by atoms with Gasteiger partial charge >= 0.3 is 11.9 Å². The summed E-state index contributed by atoms with van der Waals surface area (Å²) in [6, 6.07) is 6.62. The van der Waals surface area contributed by atoms with Crippen LogP contribution in [0, 0.1) is 11.8 Å². The molecule has 2 heterocycles. The van der Waals surface area contributed by atoms with Gasteiger partial charge in [0.1, 0.15) is 12.7 Å². The number of rotatable bonds is 7. The van der Waals surface area contributed by atoms with Gasteiger partial charge in [0.2, 0.25) is 0 Å². The summed E-state index contributed by atoms with van der Waals surface area (Å²) in [4.78, 5) is 31.8. The van der Waals surface area contributed by atoms with Gasteiger partial charge in [0.25, 0.3) is 0 Å². The Morgan fingerprint density at radius 3 is 2.39 bits per heavy atom. The number of nitrogens with zero attached hydrogens (tertiary/aromatic N) is 4. The fraction of sp³-hybridized carbons (Fsp3) is 0.250. The maximum atomic E-state index is 11.6. The number of hydrogen-bond donors (Lipinski definition) is 3. The highest BCUT2D eigenvalue weighted by Gasteiger charge is 2.61. The van der Waals surface area contributed by atoms with Crippen molar-refractivity contribution in [3.63, 3.8) is 0 Å². The second-order valence-electron chi connectivity index (χ2n) is 7.21. The molecule has 31 heavy (non-hydrogen) atoms. The van der Waals surface area contributed by atoms with Crippen molar-refractivity contribution in [2.75, 3.05) is 0 Å². The topological polar surface area (TPSA) is 144 Å². The van der Waals surface area contributed by atoms with Crippen molar-refractivity contribution in [2.45, 2.75) is 19.0 Å². The summed E-state index contributed by atoms with van der Waals surface area (Å²) in [6.45, 7) is 0.420. The minimum Gasteiger partial charge on any atom is -0.481 e.